The van der Waals surface area contributed by atoms with E-state index in [1.807, 2.05) is 0 Å². The first kappa shape index (κ1) is 27.3. The lowest BCUT2D eigenvalue weighted by molar-refractivity contribution is -0.146. The third-order valence-corrected chi connectivity index (χ3v) is 5.77. The third kappa shape index (κ3) is 6.30. The molecule has 37 heavy (non-hydrogen) atoms. The monoisotopic (exact) mass is 515 g/mol. The fourth-order valence-corrected chi connectivity index (χ4v) is 3.90. The Morgan fingerprint density at radius 3 is 2.46 bits per heavy atom. The van der Waals surface area contributed by atoms with Crippen molar-refractivity contribution >= 4 is 35.5 Å². The van der Waals surface area contributed by atoms with E-state index in [1.165, 1.54) is 12.1 Å². The number of H-pyrrole nitrogens is 1. The number of carbonyl (C=O) groups is 4. The second-order valence-electron chi connectivity index (χ2n) is 8.31. The van der Waals surface area contributed by atoms with Crippen molar-refractivity contribution in [2.24, 2.45) is 0 Å². The lowest BCUT2D eigenvalue weighted by Gasteiger charge is -2.20. The highest BCUT2D eigenvalue weighted by atomic mass is 16.5. The van der Waals surface area contributed by atoms with E-state index in [-0.39, 0.29) is 61.8 Å². The molecule has 0 saturated carbocycles. The molecule has 0 saturated heterocycles. The van der Waals surface area contributed by atoms with Crippen LogP contribution in [0.1, 0.15) is 54.6 Å². The Balaban J connectivity index is 1.66. The second-order valence-corrected chi connectivity index (χ2v) is 8.31. The summed E-state index contributed by atoms with van der Waals surface area (Å²) in [5, 5.41) is 15.9. The number of aromatic amines is 1. The second kappa shape index (κ2) is 11.6. The Kier molecular flexibility index (Phi) is 8.60. The minimum atomic E-state index is -2.09. The molecule has 1 aromatic carbocycles. The Morgan fingerprint density at radius 1 is 1.14 bits per heavy atom. The van der Waals surface area contributed by atoms with E-state index in [0.717, 1.165) is 0 Å². The van der Waals surface area contributed by atoms with Gasteiger partial charge in [-0.1, -0.05) is 12.1 Å². The molecule has 0 spiro atoms. The summed E-state index contributed by atoms with van der Waals surface area (Å²) >= 11 is 0. The standard InChI is InChI=1S/C24H29N5O8/c1-3-36-16(30)10-9-15(21(33)37-4-2)26-19(31)14-7-5-13(6-8-14)11-12-24(35)17-18(27-22(24)34)28-23(25)29-20(17)32/h5-8,15,35H,3-4,9-12H2,1-2H3,(H,26,31)(H4,25,27,28,29,32,34)/t15-,24?/m0/s1. The molecule has 2 heterocycles. The van der Waals surface area contributed by atoms with Crippen LogP contribution in [0, 0.1) is 0 Å². The molecular formula is C24H29N5O8. The first-order chi connectivity index (χ1) is 17.6. The van der Waals surface area contributed by atoms with Gasteiger partial charge in [0.15, 0.2) is 5.60 Å². The molecule has 13 nitrogen and oxygen atoms in total. The highest BCUT2D eigenvalue weighted by molar-refractivity contribution is 6.03. The topological polar surface area (TPSA) is 203 Å². The average Bonchev–Trinajstić information content (AvgIpc) is 3.10. The van der Waals surface area contributed by atoms with Crippen LogP contribution in [0.5, 0.6) is 0 Å². The van der Waals surface area contributed by atoms with Crippen molar-refractivity contribution in [3.63, 3.8) is 0 Å². The largest absolute Gasteiger partial charge is 0.466 e. The number of hydrogen-bond donors (Lipinski definition) is 5. The van der Waals surface area contributed by atoms with E-state index in [4.69, 9.17) is 15.2 Å². The Hall–Kier alpha value is -4.26. The van der Waals surface area contributed by atoms with Gasteiger partial charge in [-0.05, 0) is 50.8 Å². The number of fused-ring (bicyclic) bond motifs is 1. The first-order valence-corrected chi connectivity index (χ1v) is 11.7. The molecule has 2 atom stereocenters. The van der Waals surface area contributed by atoms with Gasteiger partial charge in [0.1, 0.15) is 17.4 Å². The maximum absolute atomic E-state index is 12.7. The molecule has 0 radical (unpaired) electrons. The van der Waals surface area contributed by atoms with Gasteiger partial charge in [0.05, 0.1) is 13.2 Å². The quantitative estimate of drug-likeness (QED) is 0.256. The molecule has 2 amide bonds. The Bertz CT molecular complexity index is 1240. The predicted octanol–water partition coefficient (Wildman–Crippen LogP) is 0.129. The number of nitrogens with zero attached hydrogens (tertiary/aromatic N) is 1. The van der Waals surface area contributed by atoms with E-state index in [1.54, 1.807) is 26.0 Å². The van der Waals surface area contributed by atoms with Crippen LogP contribution in [0.15, 0.2) is 29.1 Å². The zero-order valence-electron chi connectivity index (χ0n) is 20.5. The molecule has 1 unspecified atom stereocenters. The number of ether oxygens (including phenoxy) is 2. The summed E-state index contributed by atoms with van der Waals surface area (Å²) in [6.07, 6.45) is 0.0231. The van der Waals surface area contributed by atoms with Gasteiger partial charge in [-0.3, -0.25) is 24.2 Å². The van der Waals surface area contributed by atoms with Crippen LogP contribution in [0.3, 0.4) is 0 Å². The molecule has 1 aliphatic rings. The van der Waals surface area contributed by atoms with Crippen LogP contribution >= 0.6 is 0 Å². The zero-order valence-corrected chi connectivity index (χ0v) is 20.5. The van der Waals surface area contributed by atoms with Crippen LogP contribution < -0.4 is 21.9 Å². The molecule has 1 aliphatic heterocycles. The van der Waals surface area contributed by atoms with E-state index < -0.39 is 41.0 Å². The molecule has 0 bridgehead atoms. The van der Waals surface area contributed by atoms with Crippen LogP contribution in [-0.4, -0.2) is 58.1 Å². The summed E-state index contributed by atoms with van der Waals surface area (Å²) in [7, 11) is 0. The average molecular weight is 516 g/mol. The van der Waals surface area contributed by atoms with Crippen molar-refractivity contribution in [1.29, 1.82) is 0 Å². The Labute approximate surface area is 211 Å². The number of nitrogens with two attached hydrogens (primary N) is 1. The van der Waals surface area contributed by atoms with Gasteiger partial charge < -0.3 is 30.9 Å². The van der Waals surface area contributed by atoms with Crippen molar-refractivity contribution in [2.45, 2.75) is 51.2 Å². The minimum Gasteiger partial charge on any atom is -0.466 e. The molecule has 13 heteroatoms. The number of benzene rings is 1. The van der Waals surface area contributed by atoms with Crippen LogP contribution in [0.4, 0.5) is 11.8 Å². The van der Waals surface area contributed by atoms with Gasteiger partial charge in [0, 0.05) is 12.0 Å². The highest BCUT2D eigenvalue weighted by Crippen LogP contribution is 2.35. The maximum atomic E-state index is 12.7. The van der Waals surface area contributed by atoms with Gasteiger partial charge in [-0.25, -0.2) is 4.79 Å². The van der Waals surface area contributed by atoms with Gasteiger partial charge in [-0.15, -0.1) is 0 Å². The number of aryl methyl sites for hydroxylation is 1. The molecule has 2 aromatic rings. The lowest BCUT2D eigenvalue weighted by atomic mass is 9.90. The molecular weight excluding hydrogens is 486 g/mol. The van der Waals surface area contributed by atoms with Crippen molar-refractivity contribution in [3.05, 3.63) is 51.3 Å². The summed E-state index contributed by atoms with van der Waals surface area (Å²) in [6.45, 7) is 3.62. The predicted molar refractivity (Wildman–Crippen MR) is 130 cm³/mol. The summed E-state index contributed by atoms with van der Waals surface area (Å²) in [5.74, 6) is -2.75. The number of anilines is 2. The summed E-state index contributed by atoms with van der Waals surface area (Å²) < 4.78 is 9.86. The molecule has 1 aromatic heterocycles. The number of amides is 2. The van der Waals surface area contributed by atoms with Gasteiger partial charge in [0.25, 0.3) is 17.4 Å². The van der Waals surface area contributed by atoms with E-state index >= 15 is 0 Å². The number of nitrogen functional groups attached to an aromatic ring is 1. The number of carbonyl (C=O) groups excluding carboxylic acids is 4. The van der Waals surface area contributed by atoms with Gasteiger partial charge >= 0.3 is 11.9 Å². The summed E-state index contributed by atoms with van der Waals surface area (Å²) in [6, 6.07) is 5.23. The maximum Gasteiger partial charge on any atom is 0.328 e. The minimum absolute atomic E-state index is 0.0171. The normalized spacial score (nSPS) is 16.9. The Morgan fingerprint density at radius 2 is 1.81 bits per heavy atom. The number of aromatic nitrogens is 2. The van der Waals surface area contributed by atoms with Crippen molar-refractivity contribution in [1.82, 2.24) is 15.3 Å². The smallest absolute Gasteiger partial charge is 0.328 e. The van der Waals surface area contributed by atoms with Crippen molar-refractivity contribution in [3.8, 4) is 0 Å². The molecule has 0 aliphatic carbocycles. The third-order valence-electron chi connectivity index (χ3n) is 5.77. The molecule has 3 rings (SSSR count). The fraction of sp³-hybridized carbons (Fsp3) is 0.417. The van der Waals surface area contributed by atoms with Crippen molar-refractivity contribution in [2.75, 3.05) is 24.3 Å². The highest BCUT2D eigenvalue weighted by Gasteiger charge is 2.48. The van der Waals surface area contributed by atoms with Crippen LogP contribution in [0.25, 0.3) is 0 Å². The van der Waals surface area contributed by atoms with Crippen LogP contribution in [0.2, 0.25) is 0 Å². The number of nitrogens with one attached hydrogen (secondary N) is 3. The first-order valence-electron chi connectivity index (χ1n) is 11.7. The molecule has 0 fully saturated rings. The fourth-order valence-electron chi connectivity index (χ4n) is 3.90. The zero-order chi connectivity index (χ0) is 27.2. The van der Waals surface area contributed by atoms with E-state index in [0.29, 0.717) is 5.56 Å². The molecule has 6 N–H and O–H groups in total. The lowest BCUT2D eigenvalue weighted by Crippen LogP contribution is -2.42. The van der Waals surface area contributed by atoms with E-state index in [9.17, 15) is 29.1 Å². The summed E-state index contributed by atoms with van der Waals surface area (Å²) in [4.78, 5) is 67.5. The SMILES string of the molecule is CCOC(=O)CC[C@H](NC(=O)c1ccc(CCC2(O)C(=O)Nc3nc(N)[nH]c(=O)c32)cc1)C(=O)OCC. The van der Waals surface area contributed by atoms with Crippen molar-refractivity contribution < 1.29 is 33.8 Å². The summed E-state index contributed by atoms with van der Waals surface area (Å²) in [5.41, 5.74) is 3.41. The van der Waals surface area contributed by atoms with E-state index in [2.05, 4.69) is 20.6 Å². The number of esters is 2. The number of aliphatic hydroxyl groups is 1. The van der Waals surface area contributed by atoms with Crippen LogP contribution in [-0.2, 0) is 35.9 Å². The number of rotatable bonds is 11. The van der Waals surface area contributed by atoms with Gasteiger partial charge in [-0.2, -0.15) is 4.98 Å². The number of hydrogen-bond acceptors (Lipinski definition) is 10. The molecule has 198 valence electrons. The van der Waals surface area contributed by atoms with Gasteiger partial charge in [0.2, 0.25) is 5.95 Å².